The molecule has 0 N–H and O–H groups in total. The van der Waals surface area contributed by atoms with E-state index in [1.165, 1.54) is 5.57 Å². The molecule has 1 nitrogen and oxygen atoms in total. The molecule has 2 aliphatic rings. The summed E-state index contributed by atoms with van der Waals surface area (Å²) < 4.78 is 0. The third kappa shape index (κ3) is 1.54. The Morgan fingerprint density at radius 3 is 2.69 bits per heavy atom. The largest absolute Gasteiger partial charge is 0.257 e. The number of rotatable bonds is 1. The van der Waals surface area contributed by atoms with Gasteiger partial charge in [0.2, 0.25) is 0 Å². The first-order chi connectivity index (χ1) is 7.95. The number of fused-ring (bicyclic) bond motifs is 1. The van der Waals surface area contributed by atoms with Gasteiger partial charge in [0.15, 0.2) is 0 Å². The summed E-state index contributed by atoms with van der Waals surface area (Å²) in [5, 5.41) is 0. The number of nitrogens with zero attached hydrogens (tertiary/aromatic N) is 1. The van der Waals surface area contributed by atoms with E-state index in [4.69, 9.17) is 0 Å². The number of hydrogen-bond acceptors (Lipinski definition) is 1. The molecule has 0 spiro atoms. The SMILES string of the molecule is C1=CC2C=CC=C(c3ccccn3)C2C=C1. The highest BCUT2D eigenvalue weighted by Gasteiger charge is 2.23. The number of pyridine rings is 1. The van der Waals surface area contributed by atoms with E-state index >= 15 is 0 Å². The van der Waals surface area contributed by atoms with E-state index in [0.29, 0.717) is 11.8 Å². The highest BCUT2D eigenvalue weighted by Crippen LogP contribution is 2.35. The van der Waals surface area contributed by atoms with Crippen molar-refractivity contribution >= 4 is 5.57 Å². The van der Waals surface area contributed by atoms with Crippen molar-refractivity contribution in [1.29, 1.82) is 0 Å². The second-order valence-corrected chi connectivity index (χ2v) is 4.09. The van der Waals surface area contributed by atoms with Crippen LogP contribution in [0.4, 0.5) is 0 Å². The molecule has 2 aliphatic carbocycles. The summed E-state index contributed by atoms with van der Waals surface area (Å²) in [5.74, 6) is 0.942. The molecule has 3 rings (SSSR count). The monoisotopic (exact) mass is 207 g/mol. The molecule has 0 saturated carbocycles. The van der Waals surface area contributed by atoms with E-state index in [0.717, 1.165) is 5.69 Å². The Morgan fingerprint density at radius 1 is 0.938 bits per heavy atom. The van der Waals surface area contributed by atoms with Crippen molar-refractivity contribution in [3.05, 3.63) is 72.6 Å². The van der Waals surface area contributed by atoms with Crippen LogP contribution in [0, 0.1) is 11.8 Å². The highest BCUT2D eigenvalue weighted by atomic mass is 14.7. The van der Waals surface area contributed by atoms with Gasteiger partial charge >= 0.3 is 0 Å². The molecule has 0 saturated heterocycles. The quantitative estimate of drug-likeness (QED) is 0.687. The Kier molecular flexibility index (Phi) is 2.30. The van der Waals surface area contributed by atoms with E-state index in [9.17, 15) is 0 Å². The van der Waals surface area contributed by atoms with Crippen LogP contribution in [0.25, 0.3) is 5.57 Å². The van der Waals surface area contributed by atoms with E-state index in [2.05, 4.69) is 53.6 Å². The third-order valence-corrected chi connectivity index (χ3v) is 3.11. The second kappa shape index (κ2) is 3.93. The van der Waals surface area contributed by atoms with Crippen molar-refractivity contribution in [3.63, 3.8) is 0 Å². The fraction of sp³-hybridized carbons (Fsp3) is 0.133. The van der Waals surface area contributed by atoms with Gasteiger partial charge in [0.25, 0.3) is 0 Å². The minimum Gasteiger partial charge on any atom is -0.257 e. The van der Waals surface area contributed by atoms with E-state index in [-0.39, 0.29) is 0 Å². The van der Waals surface area contributed by atoms with Crippen molar-refractivity contribution in [2.24, 2.45) is 11.8 Å². The van der Waals surface area contributed by atoms with Gasteiger partial charge in [-0.3, -0.25) is 4.98 Å². The molecular formula is C15H13N. The molecule has 0 amide bonds. The number of allylic oxidation sites excluding steroid dienone is 8. The molecule has 78 valence electrons. The Bertz CT molecular complexity index is 491. The van der Waals surface area contributed by atoms with Gasteiger partial charge in [-0.2, -0.15) is 0 Å². The Morgan fingerprint density at radius 2 is 1.81 bits per heavy atom. The van der Waals surface area contributed by atoms with Gasteiger partial charge in [0.1, 0.15) is 0 Å². The molecule has 1 aromatic heterocycles. The van der Waals surface area contributed by atoms with Crippen molar-refractivity contribution in [2.45, 2.75) is 0 Å². The first kappa shape index (κ1) is 9.34. The van der Waals surface area contributed by atoms with E-state index in [1.54, 1.807) is 0 Å². The van der Waals surface area contributed by atoms with Crippen LogP contribution < -0.4 is 0 Å². The second-order valence-electron chi connectivity index (χ2n) is 4.09. The van der Waals surface area contributed by atoms with Gasteiger partial charge < -0.3 is 0 Å². The van der Waals surface area contributed by atoms with Crippen LogP contribution in [-0.2, 0) is 0 Å². The average molecular weight is 207 g/mol. The van der Waals surface area contributed by atoms with Crippen LogP contribution in [0.1, 0.15) is 5.69 Å². The van der Waals surface area contributed by atoms with Crippen LogP contribution in [-0.4, -0.2) is 4.98 Å². The fourth-order valence-electron chi connectivity index (χ4n) is 2.31. The number of hydrogen-bond donors (Lipinski definition) is 0. The predicted molar refractivity (Wildman–Crippen MR) is 66.6 cm³/mol. The van der Waals surface area contributed by atoms with Gasteiger partial charge in [0, 0.05) is 18.0 Å². The van der Waals surface area contributed by atoms with Gasteiger partial charge in [-0.1, -0.05) is 48.6 Å². The normalized spacial score (nSPS) is 26.4. The first-order valence-electron chi connectivity index (χ1n) is 5.60. The maximum atomic E-state index is 4.43. The average Bonchev–Trinajstić information content (AvgIpc) is 2.39. The van der Waals surface area contributed by atoms with E-state index in [1.807, 2.05) is 18.3 Å². The Hall–Kier alpha value is -1.89. The lowest BCUT2D eigenvalue weighted by Gasteiger charge is -2.26. The predicted octanol–water partition coefficient (Wildman–Crippen LogP) is 3.39. The molecule has 16 heavy (non-hydrogen) atoms. The maximum Gasteiger partial charge on any atom is 0.0667 e. The summed E-state index contributed by atoms with van der Waals surface area (Å²) in [6.45, 7) is 0. The molecule has 2 atom stereocenters. The zero-order valence-electron chi connectivity index (χ0n) is 8.95. The summed E-state index contributed by atoms with van der Waals surface area (Å²) >= 11 is 0. The standard InChI is InChI=1S/C15H13N/c1-2-8-13-12(6-1)7-5-9-14(13)15-10-3-4-11-16-15/h1-13H. The van der Waals surface area contributed by atoms with Crippen LogP contribution >= 0.6 is 0 Å². The molecule has 1 heteroatoms. The highest BCUT2D eigenvalue weighted by molar-refractivity contribution is 5.70. The molecule has 0 radical (unpaired) electrons. The van der Waals surface area contributed by atoms with Crippen molar-refractivity contribution < 1.29 is 0 Å². The Labute approximate surface area is 95.5 Å². The van der Waals surface area contributed by atoms with Gasteiger partial charge in [0.05, 0.1) is 5.69 Å². The lowest BCUT2D eigenvalue weighted by Crippen LogP contribution is -2.15. The van der Waals surface area contributed by atoms with Crippen molar-refractivity contribution in [3.8, 4) is 0 Å². The molecule has 2 unspecified atom stereocenters. The first-order valence-corrected chi connectivity index (χ1v) is 5.60. The van der Waals surface area contributed by atoms with Crippen LogP contribution in [0.2, 0.25) is 0 Å². The Balaban J connectivity index is 2.02. The molecule has 0 aromatic carbocycles. The number of aromatic nitrogens is 1. The minimum absolute atomic E-state index is 0.449. The molecule has 1 aromatic rings. The molecule has 1 heterocycles. The van der Waals surface area contributed by atoms with Gasteiger partial charge in [-0.15, -0.1) is 0 Å². The topological polar surface area (TPSA) is 12.9 Å². The summed E-state index contributed by atoms with van der Waals surface area (Å²) in [5.41, 5.74) is 2.40. The smallest absolute Gasteiger partial charge is 0.0667 e. The zero-order valence-corrected chi connectivity index (χ0v) is 8.95. The summed E-state index contributed by atoms with van der Waals surface area (Å²) in [7, 11) is 0. The molecular weight excluding hydrogens is 194 g/mol. The van der Waals surface area contributed by atoms with Crippen LogP contribution in [0.15, 0.2) is 66.9 Å². The molecule has 0 aliphatic heterocycles. The zero-order chi connectivity index (χ0) is 10.8. The summed E-state index contributed by atoms with van der Waals surface area (Å²) in [6.07, 6.45) is 17.2. The van der Waals surface area contributed by atoms with Gasteiger partial charge in [-0.25, -0.2) is 0 Å². The molecule has 0 fully saturated rings. The van der Waals surface area contributed by atoms with Gasteiger partial charge in [-0.05, 0) is 17.7 Å². The lowest BCUT2D eigenvalue weighted by atomic mass is 9.78. The van der Waals surface area contributed by atoms with E-state index < -0.39 is 0 Å². The third-order valence-electron chi connectivity index (χ3n) is 3.11. The van der Waals surface area contributed by atoms with Crippen LogP contribution in [0.3, 0.4) is 0 Å². The fourth-order valence-corrected chi connectivity index (χ4v) is 2.31. The van der Waals surface area contributed by atoms with Crippen molar-refractivity contribution in [1.82, 2.24) is 4.98 Å². The molecule has 0 bridgehead atoms. The van der Waals surface area contributed by atoms with Crippen molar-refractivity contribution in [2.75, 3.05) is 0 Å². The minimum atomic E-state index is 0.449. The summed E-state index contributed by atoms with van der Waals surface area (Å²) in [6, 6.07) is 6.07. The maximum absolute atomic E-state index is 4.43. The van der Waals surface area contributed by atoms with Crippen LogP contribution in [0.5, 0.6) is 0 Å². The lowest BCUT2D eigenvalue weighted by molar-refractivity contribution is 0.675. The summed E-state index contributed by atoms with van der Waals surface area (Å²) in [4.78, 5) is 4.43.